The Labute approximate surface area is 76.3 Å². The fraction of sp³-hybridized carbons (Fsp3) is 0.222. The molecule has 1 rings (SSSR count). The third kappa shape index (κ3) is 3.46. The first kappa shape index (κ1) is 9.38. The van der Waals surface area contributed by atoms with Crippen LogP contribution in [0.15, 0.2) is 24.8 Å². The molecule has 13 heavy (non-hydrogen) atoms. The summed E-state index contributed by atoms with van der Waals surface area (Å²) in [7, 11) is 0. The predicted molar refractivity (Wildman–Crippen MR) is 47.7 cm³/mol. The van der Waals surface area contributed by atoms with Gasteiger partial charge in [-0.2, -0.15) is 0 Å². The van der Waals surface area contributed by atoms with E-state index in [4.69, 9.17) is 4.74 Å². The van der Waals surface area contributed by atoms with Crippen LogP contribution in [0, 0.1) is 0 Å². The van der Waals surface area contributed by atoms with Gasteiger partial charge in [-0.25, -0.2) is 14.8 Å². The van der Waals surface area contributed by atoms with Gasteiger partial charge in [0.25, 0.3) is 0 Å². The van der Waals surface area contributed by atoms with Gasteiger partial charge in [-0.15, -0.1) is 0 Å². The zero-order valence-corrected chi connectivity index (χ0v) is 7.30. The lowest BCUT2D eigenvalue weighted by Gasteiger charge is -1.94. The van der Waals surface area contributed by atoms with Crippen molar-refractivity contribution in [2.45, 2.75) is 6.92 Å². The Bertz CT molecular complexity index is 296. The molecule has 0 atom stereocenters. The van der Waals surface area contributed by atoms with Crippen molar-refractivity contribution >= 4 is 12.0 Å². The van der Waals surface area contributed by atoms with Gasteiger partial charge >= 0.3 is 5.97 Å². The van der Waals surface area contributed by atoms with Gasteiger partial charge in [0.1, 0.15) is 6.33 Å². The molecule has 1 aromatic rings. The normalized spacial score (nSPS) is 10.2. The molecular weight excluding hydrogens is 168 g/mol. The van der Waals surface area contributed by atoms with Crippen molar-refractivity contribution in [2.24, 2.45) is 0 Å². The van der Waals surface area contributed by atoms with Crippen molar-refractivity contribution in [3.8, 4) is 0 Å². The number of carbonyl (C=O) groups is 1. The average molecular weight is 178 g/mol. The number of nitrogens with zero attached hydrogens (tertiary/aromatic N) is 2. The maximum atomic E-state index is 10.9. The quantitative estimate of drug-likeness (QED) is 0.513. The summed E-state index contributed by atoms with van der Waals surface area (Å²) in [6.45, 7) is 2.14. The summed E-state index contributed by atoms with van der Waals surface area (Å²) in [5.74, 6) is -0.355. The standard InChI is InChI=1S/C9H10N2O2/c1-2-13-9(12)4-3-8-5-10-7-11-6-8/h3-7H,2H2,1H3/b4-3+. The number of hydrogen-bond acceptors (Lipinski definition) is 4. The summed E-state index contributed by atoms with van der Waals surface area (Å²) >= 11 is 0. The van der Waals surface area contributed by atoms with E-state index in [2.05, 4.69) is 9.97 Å². The molecule has 0 aliphatic carbocycles. The molecule has 1 aromatic heterocycles. The molecule has 0 unspecified atom stereocenters. The molecule has 0 bridgehead atoms. The van der Waals surface area contributed by atoms with Gasteiger partial charge in [0.2, 0.25) is 0 Å². The van der Waals surface area contributed by atoms with E-state index in [1.54, 1.807) is 25.4 Å². The average Bonchev–Trinajstić information content (AvgIpc) is 2.17. The van der Waals surface area contributed by atoms with Crippen LogP contribution in [-0.4, -0.2) is 22.5 Å². The third-order valence-electron chi connectivity index (χ3n) is 1.28. The molecule has 4 nitrogen and oxygen atoms in total. The monoisotopic (exact) mass is 178 g/mol. The lowest BCUT2D eigenvalue weighted by Crippen LogP contribution is -1.98. The molecule has 0 aliphatic rings. The summed E-state index contributed by atoms with van der Waals surface area (Å²) in [4.78, 5) is 18.5. The minimum Gasteiger partial charge on any atom is -0.463 e. The minimum atomic E-state index is -0.355. The topological polar surface area (TPSA) is 52.1 Å². The van der Waals surface area contributed by atoms with Crippen LogP contribution >= 0.6 is 0 Å². The molecule has 0 spiro atoms. The van der Waals surface area contributed by atoms with E-state index in [0.29, 0.717) is 6.61 Å². The van der Waals surface area contributed by atoms with Gasteiger partial charge in [0.05, 0.1) is 6.61 Å². The Morgan fingerprint density at radius 1 is 1.54 bits per heavy atom. The van der Waals surface area contributed by atoms with Crippen LogP contribution in [0.5, 0.6) is 0 Å². The highest BCUT2D eigenvalue weighted by atomic mass is 16.5. The van der Waals surface area contributed by atoms with Crippen molar-refractivity contribution < 1.29 is 9.53 Å². The molecule has 0 saturated heterocycles. The van der Waals surface area contributed by atoms with E-state index in [0.717, 1.165) is 5.56 Å². The summed E-state index contributed by atoms with van der Waals surface area (Å²) in [6.07, 6.45) is 7.62. The summed E-state index contributed by atoms with van der Waals surface area (Å²) in [5, 5.41) is 0. The molecule has 0 amide bonds. The van der Waals surface area contributed by atoms with Gasteiger partial charge < -0.3 is 4.74 Å². The zero-order valence-electron chi connectivity index (χ0n) is 7.30. The lowest BCUT2D eigenvalue weighted by atomic mass is 10.3. The summed E-state index contributed by atoms with van der Waals surface area (Å²) in [6, 6.07) is 0. The molecule has 0 N–H and O–H groups in total. The van der Waals surface area contributed by atoms with Crippen LogP contribution < -0.4 is 0 Å². The predicted octanol–water partition coefficient (Wildman–Crippen LogP) is 1.05. The second-order valence-corrected chi connectivity index (χ2v) is 2.26. The molecule has 0 saturated carbocycles. The minimum absolute atomic E-state index is 0.355. The Morgan fingerprint density at radius 2 is 2.23 bits per heavy atom. The van der Waals surface area contributed by atoms with E-state index in [1.807, 2.05) is 0 Å². The number of esters is 1. The number of rotatable bonds is 3. The van der Waals surface area contributed by atoms with E-state index in [9.17, 15) is 4.79 Å². The highest BCUT2D eigenvalue weighted by molar-refractivity contribution is 5.86. The third-order valence-corrected chi connectivity index (χ3v) is 1.28. The van der Waals surface area contributed by atoms with Crippen molar-refractivity contribution in [2.75, 3.05) is 6.61 Å². The van der Waals surface area contributed by atoms with E-state index in [1.165, 1.54) is 12.4 Å². The van der Waals surface area contributed by atoms with Crippen molar-refractivity contribution in [1.82, 2.24) is 9.97 Å². The summed E-state index contributed by atoms with van der Waals surface area (Å²) < 4.78 is 4.70. The van der Waals surface area contributed by atoms with Crippen LogP contribution in [0.4, 0.5) is 0 Å². The molecule has 1 heterocycles. The first-order valence-electron chi connectivity index (χ1n) is 3.92. The number of hydrogen-bond donors (Lipinski definition) is 0. The smallest absolute Gasteiger partial charge is 0.330 e. The molecule has 4 heteroatoms. The van der Waals surface area contributed by atoms with Crippen molar-refractivity contribution in [3.05, 3.63) is 30.4 Å². The Hall–Kier alpha value is -1.71. The fourth-order valence-electron chi connectivity index (χ4n) is 0.751. The van der Waals surface area contributed by atoms with Gasteiger partial charge in [-0.05, 0) is 13.0 Å². The maximum Gasteiger partial charge on any atom is 0.330 e. The van der Waals surface area contributed by atoms with Crippen molar-refractivity contribution in [3.63, 3.8) is 0 Å². The van der Waals surface area contributed by atoms with Crippen LogP contribution in [0.1, 0.15) is 12.5 Å². The number of ether oxygens (including phenoxy) is 1. The largest absolute Gasteiger partial charge is 0.463 e. The second kappa shape index (κ2) is 5.03. The number of aromatic nitrogens is 2. The number of carbonyl (C=O) groups excluding carboxylic acids is 1. The Balaban J connectivity index is 2.54. The Morgan fingerprint density at radius 3 is 2.85 bits per heavy atom. The maximum absolute atomic E-state index is 10.9. The first-order chi connectivity index (χ1) is 6.33. The molecule has 0 fully saturated rings. The molecule has 68 valence electrons. The van der Waals surface area contributed by atoms with E-state index < -0.39 is 0 Å². The molecule has 0 aromatic carbocycles. The van der Waals surface area contributed by atoms with Crippen molar-refractivity contribution in [1.29, 1.82) is 0 Å². The van der Waals surface area contributed by atoms with Crippen LogP contribution in [-0.2, 0) is 9.53 Å². The van der Waals surface area contributed by atoms with Crippen LogP contribution in [0.3, 0.4) is 0 Å². The first-order valence-corrected chi connectivity index (χ1v) is 3.92. The molecular formula is C9H10N2O2. The van der Waals surface area contributed by atoms with Crippen LogP contribution in [0.2, 0.25) is 0 Å². The van der Waals surface area contributed by atoms with Gasteiger partial charge in [0, 0.05) is 24.0 Å². The highest BCUT2D eigenvalue weighted by Crippen LogP contribution is 1.96. The highest BCUT2D eigenvalue weighted by Gasteiger charge is 1.92. The SMILES string of the molecule is CCOC(=O)/C=C/c1cncnc1. The molecule has 0 radical (unpaired) electrons. The molecule has 0 aliphatic heterocycles. The van der Waals surface area contributed by atoms with E-state index >= 15 is 0 Å². The van der Waals surface area contributed by atoms with Gasteiger partial charge in [-0.1, -0.05) is 0 Å². The fourth-order valence-corrected chi connectivity index (χ4v) is 0.751. The van der Waals surface area contributed by atoms with Crippen LogP contribution in [0.25, 0.3) is 6.08 Å². The second-order valence-electron chi connectivity index (χ2n) is 2.26. The van der Waals surface area contributed by atoms with E-state index in [-0.39, 0.29) is 5.97 Å². The van der Waals surface area contributed by atoms with Gasteiger partial charge in [0.15, 0.2) is 0 Å². The van der Waals surface area contributed by atoms with Gasteiger partial charge in [-0.3, -0.25) is 0 Å². The lowest BCUT2D eigenvalue weighted by molar-refractivity contribution is -0.137. The summed E-state index contributed by atoms with van der Waals surface area (Å²) in [5.41, 5.74) is 0.774. The zero-order chi connectivity index (χ0) is 9.52. The Kier molecular flexibility index (Phi) is 3.63.